The molecule has 0 bridgehead atoms. The van der Waals surface area contributed by atoms with Crippen LogP contribution in [0.4, 0.5) is 5.95 Å². The Balaban J connectivity index is 1.59. The molecule has 0 spiro atoms. The molecule has 1 fully saturated rings. The fraction of sp³-hybridized carbons (Fsp3) is 0.176. The molecular formula is C17H15N3O. The monoisotopic (exact) mass is 277 g/mol. The predicted octanol–water partition coefficient (Wildman–Crippen LogP) is 3.84. The lowest BCUT2D eigenvalue weighted by Crippen LogP contribution is -2.20. The van der Waals surface area contributed by atoms with Crippen LogP contribution in [0.1, 0.15) is 18.4 Å². The van der Waals surface area contributed by atoms with Crippen molar-refractivity contribution in [2.75, 3.05) is 5.32 Å². The Morgan fingerprint density at radius 1 is 0.952 bits per heavy atom. The number of nitrogens with one attached hydrogen (secondary N) is 1. The Morgan fingerprint density at radius 3 is 2.33 bits per heavy atom. The molecule has 1 aromatic carbocycles. The maximum Gasteiger partial charge on any atom is 0.223 e. The van der Waals surface area contributed by atoms with Gasteiger partial charge in [0, 0.05) is 18.0 Å². The van der Waals surface area contributed by atoms with Crippen molar-refractivity contribution in [2.24, 2.45) is 0 Å². The average molecular weight is 277 g/mol. The zero-order chi connectivity index (χ0) is 14.1. The lowest BCUT2D eigenvalue weighted by atomic mass is 10.0. The number of anilines is 1. The highest BCUT2D eigenvalue weighted by Gasteiger charge is 2.44. The van der Waals surface area contributed by atoms with Crippen LogP contribution in [0, 0.1) is 0 Å². The minimum Gasteiger partial charge on any atom is -0.464 e. The van der Waals surface area contributed by atoms with E-state index >= 15 is 0 Å². The summed E-state index contributed by atoms with van der Waals surface area (Å²) >= 11 is 0. The Morgan fingerprint density at radius 2 is 1.71 bits per heavy atom. The minimum atomic E-state index is -0.0109. The number of rotatable bonds is 4. The topological polar surface area (TPSA) is 51.0 Å². The van der Waals surface area contributed by atoms with E-state index in [-0.39, 0.29) is 5.54 Å². The molecule has 1 saturated carbocycles. The molecule has 0 amide bonds. The molecule has 1 aliphatic rings. The van der Waals surface area contributed by atoms with E-state index in [0.29, 0.717) is 5.95 Å². The van der Waals surface area contributed by atoms with Gasteiger partial charge in [0.1, 0.15) is 5.76 Å². The van der Waals surface area contributed by atoms with E-state index in [9.17, 15) is 0 Å². The van der Waals surface area contributed by atoms with Gasteiger partial charge in [-0.3, -0.25) is 0 Å². The molecule has 21 heavy (non-hydrogen) atoms. The molecule has 1 N–H and O–H groups in total. The molecule has 0 aliphatic heterocycles. The maximum atomic E-state index is 5.42. The molecule has 0 radical (unpaired) electrons. The van der Waals surface area contributed by atoms with Crippen molar-refractivity contribution in [1.82, 2.24) is 9.97 Å². The van der Waals surface area contributed by atoms with E-state index in [1.165, 1.54) is 5.56 Å². The van der Waals surface area contributed by atoms with Gasteiger partial charge in [0.05, 0.1) is 11.8 Å². The highest BCUT2D eigenvalue weighted by molar-refractivity contribution is 5.58. The average Bonchev–Trinajstić information content (AvgIpc) is 3.11. The van der Waals surface area contributed by atoms with E-state index in [0.717, 1.165) is 24.2 Å². The molecule has 0 atom stereocenters. The van der Waals surface area contributed by atoms with E-state index in [1.54, 1.807) is 18.7 Å². The van der Waals surface area contributed by atoms with Gasteiger partial charge in [-0.1, -0.05) is 24.3 Å². The van der Waals surface area contributed by atoms with Gasteiger partial charge in [0.15, 0.2) is 0 Å². The molecule has 0 unspecified atom stereocenters. The molecule has 3 aromatic rings. The van der Waals surface area contributed by atoms with Gasteiger partial charge in [-0.25, -0.2) is 9.97 Å². The zero-order valence-corrected chi connectivity index (χ0v) is 11.5. The van der Waals surface area contributed by atoms with Crippen molar-refractivity contribution in [3.63, 3.8) is 0 Å². The SMILES string of the molecule is c1cnc(NC2(c3ccc(-c4ccco4)cc3)CC2)nc1. The highest BCUT2D eigenvalue weighted by atomic mass is 16.3. The predicted molar refractivity (Wildman–Crippen MR) is 80.7 cm³/mol. The van der Waals surface area contributed by atoms with Crippen molar-refractivity contribution in [3.8, 4) is 11.3 Å². The van der Waals surface area contributed by atoms with Gasteiger partial charge >= 0.3 is 0 Å². The van der Waals surface area contributed by atoms with Crippen LogP contribution < -0.4 is 5.32 Å². The quantitative estimate of drug-likeness (QED) is 0.787. The molecule has 4 nitrogen and oxygen atoms in total. The number of nitrogens with zero attached hydrogens (tertiary/aromatic N) is 2. The minimum absolute atomic E-state index is 0.0109. The molecule has 4 rings (SSSR count). The van der Waals surface area contributed by atoms with Gasteiger partial charge in [0.2, 0.25) is 5.95 Å². The van der Waals surface area contributed by atoms with Crippen LogP contribution in [0.5, 0.6) is 0 Å². The van der Waals surface area contributed by atoms with Gasteiger partial charge in [-0.2, -0.15) is 0 Å². The first-order chi connectivity index (χ1) is 10.4. The second-order valence-corrected chi connectivity index (χ2v) is 5.33. The third-order valence-electron chi connectivity index (χ3n) is 3.91. The molecule has 104 valence electrons. The van der Waals surface area contributed by atoms with Gasteiger partial charge in [-0.15, -0.1) is 0 Å². The first-order valence-corrected chi connectivity index (χ1v) is 7.05. The lowest BCUT2D eigenvalue weighted by Gasteiger charge is -2.18. The summed E-state index contributed by atoms with van der Waals surface area (Å²) in [5.74, 6) is 1.58. The van der Waals surface area contributed by atoms with Crippen LogP contribution in [0.2, 0.25) is 0 Å². The van der Waals surface area contributed by atoms with Crippen molar-refractivity contribution >= 4 is 5.95 Å². The summed E-state index contributed by atoms with van der Waals surface area (Å²) in [6.45, 7) is 0. The van der Waals surface area contributed by atoms with Crippen LogP contribution in [0.3, 0.4) is 0 Å². The summed E-state index contributed by atoms with van der Waals surface area (Å²) in [6, 6.07) is 14.2. The largest absolute Gasteiger partial charge is 0.464 e. The summed E-state index contributed by atoms with van der Waals surface area (Å²) < 4.78 is 5.42. The number of aromatic nitrogens is 2. The van der Waals surface area contributed by atoms with Gasteiger partial charge < -0.3 is 9.73 Å². The van der Waals surface area contributed by atoms with E-state index in [4.69, 9.17) is 4.42 Å². The molecule has 4 heteroatoms. The summed E-state index contributed by atoms with van der Waals surface area (Å²) in [6.07, 6.45) is 7.41. The number of hydrogen-bond acceptors (Lipinski definition) is 4. The molecule has 0 saturated heterocycles. The Bertz CT molecular complexity index is 716. The fourth-order valence-corrected chi connectivity index (χ4v) is 2.58. The summed E-state index contributed by atoms with van der Waals surface area (Å²) in [5.41, 5.74) is 2.35. The van der Waals surface area contributed by atoms with Crippen molar-refractivity contribution in [3.05, 3.63) is 66.7 Å². The number of hydrogen-bond donors (Lipinski definition) is 1. The van der Waals surface area contributed by atoms with Crippen molar-refractivity contribution in [2.45, 2.75) is 18.4 Å². The fourth-order valence-electron chi connectivity index (χ4n) is 2.58. The van der Waals surface area contributed by atoms with Crippen molar-refractivity contribution in [1.29, 1.82) is 0 Å². The number of benzene rings is 1. The zero-order valence-electron chi connectivity index (χ0n) is 11.5. The van der Waals surface area contributed by atoms with E-state index in [1.807, 2.05) is 18.2 Å². The molecular weight excluding hydrogens is 262 g/mol. The van der Waals surface area contributed by atoms with Crippen LogP contribution in [-0.4, -0.2) is 9.97 Å². The lowest BCUT2D eigenvalue weighted by molar-refractivity contribution is 0.582. The van der Waals surface area contributed by atoms with Gasteiger partial charge in [0.25, 0.3) is 0 Å². The Labute approximate surface area is 122 Å². The maximum absolute atomic E-state index is 5.42. The first kappa shape index (κ1) is 12.1. The summed E-state index contributed by atoms with van der Waals surface area (Å²) in [5, 5.41) is 3.45. The van der Waals surface area contributed by atoms with Crippen LogP contribution >= 0.6 is 0 Å². The summed E-state index contributed by atoms with van der Waals surface area (Å²) in [4.78, 5) is 8.50. The second-order valence-electron chi connectivity index (χ2n) is 5.33. The summed E-state index contributed by atoms with van der Waals surface area (Å²) in [7, 11) is 0. The number of furan rings is 1. The Hall–Kier alpha value is -2.62. The Kier molecular flexibility index (Phi) is 2.74. The first-order valence-electron chi connectivity index (χ1n) is 7.05. The second kappa shape index (κ2) is 4.74. The molecule has 2 heterocycles. The normalized spacial score (nSPS) is 15.6. The third-order valence-corrected chi connectivity index (χ3v) is 3.91. The molecule has 1 aliphatic carbocycles. The molecule has 2 aromatic heterocycles. The highest BCUT2D eigenvalue weighted by Crippen LogP contribution is 2.48. The smallest absolute Gasteiger partial charge is 0.223 e. The van der Waals surface area contributed by atoms with E-state index < -0.39 is 0 Å². The van der Waals surface area contributed by atoms with Crippen LogP contribution in [-0.2, 0) is 5.54 Å². The van der Waals surface area contributed by atoms with Crippen LogP contribution in [0.15, 0.2) is 65.5 Å². The van der Waals surface area contributed by atoms with Crippen molar-refractivity contribution < 1.29 is 4.42 Å². The third kappa shape index (κ3) is 2.29. The van der Waals surface area contributed by atoms with Crippen LogP contribution in [0.25, 0.3) is 11.3 Å². The van der Waals surface area contributed by atoms with Gasteiger partial charge in [-0.05, 0) is 36.6 Å². The van der Waals surface area contributed by atoms with E-state index in [2.05, 4.69) is 39.6 Å². The standard InChI is InChI=1S/C17H15N3O/c1-3-15(21-12-1)13-4-6-14(7-5-13)17(8-9-17)20-16-18-10-2-11-19-16/h1-7,10-12H,8-9H2,(H,18,19,20).